The first kappa shape index (κ1) is 10.4. The van der Waals surface area contributed by atoms with Crippen LogP contribution in [0.2, 0.25) is 0 Å². The average molecular weight is 147 g/mol. The van der Waals surface area contributed by atoms with Gasteiger partial charge >= 0.3 is 0 Å². The van der Waals surface area contributed by atoms with Crippen LogP contribution in [-0.2, 0) is 0 Å². The molecule has 0 aliphatic rings. The Labute approximate surface area is 46.3 Å². The minimum Gasteiger partial charge on any atom is -0.328 e. The lowest BCUT2D eigenvalue weighted by molar-refractivity contribution is -1.63. The molecule has 0 aliphatic heterocycles. The molecule has 0 aromatic rings. The Balaban J connectivity index is 0. The van der Waals surface area contributed by atoms with Crippen molar-refractivity contribution in [3.05, 3.63) is 10.1 Å². The van der Waals surface area contributed by atoms with E-state index in [-0.39, 0.29) is 0 Å². The van der Waals surface area contributed by atoms with E-state index in [9.17, 15) is 0 Å². The van der Waals surface area contributed by atoms with Gasteiger partial charge in [-0.2, -0.15) is 0 Å². The predicted octanol–water partition coefficient (Wildman–Crippen LogP) is -3.28. The molecule has 0 aromatic heterocycles. The normalized spacial score (nSPS) is 7.50. The van der Waals surface area contributed by atoms with Crippen molar-refractivity contribution in [2.75, 3.05) is 0 Å². The molecular formula is H2ClNO6. The molecule has 0 amide bonds. The largest absolute Gasteiger partial charge is 0.328 e. The molecule has 0 saturated heterocycles. The maximum absolute atomic E-state index is 8.52. The lowest BCUT2D eigenvalue weighted by Gasteiger charge is -1.72. The van der Waals surface area contributed by atoms with Crippen molar-refractivity contribution in [1.29, 1.82) is 0 Å². The zero-order valence-corrected chi connectivity index (χ0v) is 4.11. The number of halogens is 1. The Hall–Kier alpha value is -0.630. The Morgan fingerprint density at radius 2 is 1.50 bits per heavy atom. The summed E-state index contributed by atoms with van der Waals surface area (Å²) in [6.07, 6.45) is 0. The van der Waals surface area contributed by atoms with E-state index in [0.29, 0.717) is 0 Å². The first-order valence-corrected chi connectivity index (χ1v) is 2.00. The van der Waals surface area contributed by atoms with Crippen molar-refractivity contribution in [1.82, 2.24) is 0 Å². The average Bonchev–Trinajstić information content (AvgIpc) is 1.25. The van der Waals surface area contributed by atoms with Crippen LogP contribution in [0.3, 0.4) is 0 Å². The smallest absolute Gasteiger partial charge is 0.291 e. The van der Waals surface area contributed by atoms with Crippen LogP contribution in [0, 0.1) is 20.9 Å². The van der Waals surface area contributed by atoms with Gasteiger partial charge in [0.05, 0.1) is 0 Å². The summed E-state index contributed by atoms with van der Waals surface area (Å²) in [4.78, 5) is 8.36. The van der Waals surface area contributed by atoms with Crippen molar-refractivity contribution < 1.29 is 35.1 Å². The van der Waals surface area contributed by atoms with Crippen molar-refractivity contribution >= 4 is 0 Å². The quantitative estimate of drug-likeness (QED) is 0.273. The van der Waals surface area contributed by atoms with E-state index in [1.807, 2.05) is 0 Å². The van der Waals surface area contributed by atoms with Crippen LogP contribution in [0.1, 0.15) is 0 Å². The fourth-order valence-corrected chi connectivity index (χ4v) is 0. The number of rotatable bonds is 0. The molecule has 0 bridgehead atoms. The van der Waals surface area contributed by atoms with Gasteiger partial charge in [-0.3, -0.25) is 0 Å². The van der Waals surface area contributed by atoms with E-state index in [1.165, 1.54) is 0 Å². The van der Waals surface area contributed by atoms with E-state index in [4.69, 9.17) is 29.3 Å². The molecule has 8 heavy (non-hydrogen) atoms. The minimum atomic E-state index is -2.60. The summed E-state index contributed by atoms with van der Waals surface area (Å²) in [6.45, 7) is 0. The first-order chi connectivity index (χ1) is 3.46. The van der Waals surface area contributed by atoms with E-state index in [1.54, 1.807) is 0 Å². The van der Waals surface area contributed by atoms with Crippen LogP contribution in [0.4, 0.5) is 0 Å². The SMILES string of the molecule is O=[N+]([O-])O.[O-][Cl+2]([O-])O. The first-order valence-electron chi connectivity index (χ1n) is 1.04. The van der Waals surface area contributed by atoms with Gasteiger partial charge < -0.3 is 14.5 Å². The molecule has 0 aliphatic carbocycles. The third kappa shape index (κ3) is 258. The van der Waals surface area contributed by atoms with Crippen molar-refractivity contribution in [2.24, 2.45) is 0 Å². The fourth-order valence-electron chi connectivity index (χ4n) is 0. The van der Waals surface area contributed by atoms with Crippen LogP contribution in [0.5, 0.6) is 0 Å². The molecule has 0 heterocycles. The lowest BCUT2D eigenvalue weighted by atomic mass is 13.1. The number of hydrogen-bond acceptors (Lipinski definition) is 5. The van der Waals surface area contributed by atoms with Crippen molar-refractivity contribution in [3.8, 4) is 0 Å². The molecule has 0 atom stereocenters. The van der Waals surface area contributed by atoms with Gasteiger partial charge in [0.25, 0.3) is 15.9 Å². The van der Waals surface area contributed by atoms with Gasteiger partial charge in [0.2, 0.25) is 0 Å². The summed E-state index contributed by atoms with van der Waals surface area (Å²) in [5.74, 6) is 0. The van der Waals surface area contributed by atoms with Crippen LogP contribution in [0.25, 0.3) is 0 Å². The molecule has 0 rings (SSSR count). The Morgan fingerprint density at radius 1 is 1.50 bits per heavy atom. The topological polar surface area (TPSA) is 130 Å². The highest BCUT2D eigenvalue weighted by Gasteiger charge is 1.79. The van der Waals surface area contributed by atoms with Gasteiger partial charge in [-0.15, -0.1) is 10.1 Å². The van der Waals surface area contributed by atoms with Gasteiger partial charge in [-0.1, -0.05) is 0 Å². The van der Waals surface area contributed by atoms with Gasteiger partial charge in [0.15, 0.2) is 0 Å². The second kappa shape index (κ2) is 6.37. The van der Waals surface area contributed by atoms with E-state index in [0.717, 1.165) is 0 Å². The van der Waals surface area contributed by atoms with Crippen LogP contribution in [0.15, 0.2) is 0 Å². The molecule has 0 unspecified atom stereocenters. The van der Waals surface area contributed by atoms with Crippen LogP contribution < -0.4 is 9.32 Å². The maximum atomic E-state index is 8.52. The van der Waals surface area contributed by atoms with Crippen molar-refractivity contribution in [3.63, 3.8) is 0 Å². The zero-order chi connectivity index (χ0) is 7.15. The molecule has 0 aromatic carbocycles. The van der Waals surface area contributed by atoms with Gasteiger partial charge in [0.1, 0.15) is 0 Å². The lowest BCUT2D eigenvalue weighted by Crippen LogP contribution is -2.30. The molecule has 8 heteroatoms. The van der Waals surface area contributed by atoms with E-state index in [2.05, 4.69) is 0 Å². The molecule has 50 valence electrons. The molecule has 0 radical (unpaired) electrons. The fraction of sp³-hybridized carbons (Fsp3) is 0. The molecule has 2 N–H and O–H groups in total. The predicted molar refractivity (Wildman–Crippen MR) is 11.0 cm³/mol. The second-order valence-corrected chi connectivity index (χ2v) is 0.841. The minimum absolute atomic E-state index is 1.50. The van der Waals surface area contributed by atoms with Crippen LogP contribution in [-0.4, -0.2) is 15.0 Å². The van der Waals surface area contributed by atoms with E-state index >= 15 is 0 Å². The Bertz CT molecular complexity index is 52.8. The Kier molecular flexibility index (Phi) is 8.26. The summed E-state index contributed by atoms with van der Waals surface area (Å²) in [5, 5.41) is 13.6. The van der Waals surface area contributed by atoms with E-state index < -0.39 is 15.9 Å². The summed E-state index contributed by atoms with van der Waals surface area (Å²) in [6, 6.07) is 0. The molecule has 0 spiro atoms. The highest BCUT2D eigenvalue weighted by Crippen LogP contribution is 1.38. The number of nitrogens with zero attached hydrogens (tertiary/aromatic N) is 1. The second-order valence-electron chi connectivity index (χ2n) is 0.439. The Morgan fingerprint density at radius 3 is 1.50 bits per heavy atom. The number of hydrogen-bond donors (Lipinski definition) is 2. The summed E-state index contributed by atoms with van der Waals surface area (Å²) in [7, 11) is -2.60. The van der Waals surface area contributed by atoms with Crippen molar-refractivity contribution in [2.45, 2.75) is 0 Å². The maximum Gasteiger partial charge on any atom is 0.291 e. The highest BCUT2D eigenvalue weighted by atomic mass is 35.6. The standard InChI is InChI=1S/ClHO3.HNO3/c2*2-1(3)4/h2H;(H,2,3,4). The van der Waals surface area contributed by atoms with Gasteiger partial charge in [-0.25, -0.2) is 0 Å². The summed E-state index contributed by atoms with van der Waals surface area (Å²) < 4.78 is 24.0. The van der Waals surface area contributed by atoms with Crippen LogP contribution >= 0.6 is 0 Å². The monoisotopic (exact) mass is 147 g/mol. The van der Waals surface area contributed by atoms with Gasteiger partial charge in [-0.05, 0) is 0 Å². The third-order valence-electron chi connectivity index (χ3n) is 0. The third-order valence-corrected chi connectivity index (χ3v) is 0. The molecule has 0 saturated carbocycles. The summed E-state index contributed by atoms with van der Waals surface area (Å²) >= 11 is 0. The molecule has 7 nitrogen and oxygen atoms in total. The summed E-state index contributed by atoms with van der Waals surface area (Å²) in [5.41, 5.74) is 0. The molecule has 0 fully saturated rings. The zero-order valence-electron chi connectivity index (χ0n) is 3.35. The van der Waals surface area contributed by atoms with Gasteiger partial charge in [0, 0.05) is 4.66 Å². The highest BCUT2D eigenvalue weighted by molar-refractivity contribution is 3.83. The molecular weight excluding hydrogens is 145 g/mol.